The average Bonchev–Trinajstić information content (AvgIpc) is 2.77. The van der Waals surface area contributed by atoms with Crippen LogP contribution in [0.5, 0.6) is 0 Å². The highest BCUT2D eigenvalue weighted by Gasteiger charge is 2.15. The summed E-state index contributed by atoms with van der Waals surface area (Å²) in [6.45, 7) is 31.5. The van der Waals surface area contributed by atoms with Gasteiger partial charge < -0.3 is 4.74 Å². The molecule has 1 nitrogen and oxygen atoms in total. The van der Waals surface area contributed by atoms with Crippen molar-refractivity contribution < 1.29 is 17.9 Å². The molecule has 0 aromatic rings. The summed E-state index contributed by atoms with van der Waals surface area (Å²) < 4.78 is 47.7. The lowest BCUT2D eigenvalue weighted by molar-refractivity contribution is 0.224. The number of rotatable bonds is 15. The molecule has 2 atom stereocenters. The first-order chi connectivity index (χ1) is 14.9. The number of allylic oxidation sites excluding steroid dienone is 12. The maximum absolute atomic E-state index is 14.6. The molecule has 0 spiro atoms. The van der Waals surface area contributed by atoms with Gasteiger partial charge in [-0.2, -0.15) is 4.39 Å². The van der Waals surface area contributed by atoms with Gasteiger partial charge in [-0.25, -0.2) is 8.78 Å². The molecule has 0 rings (SSSR count). The highest BCUT2D eigenvalue weighted by atomic mass is 19.2. The van der Waals surface area contributed by atoms with Crippen molar-refractivity contribution in [3.63, 3.8) is 0 Å². The second kappa shape index (κ2) is 14.1. The maximum atomic E-state index is 14.6. The summed E-state index contributed by atoms with van der Waals surface area (Å²) in [4.78, 5) is 0. The van der Waals surface area contributed by atoms with Gasteiger partial charge in [0.15, 0.2) is 11.6 Å². The molecule has 32 heavy (non-hydrogen) atoms. The molecule has 0 amide bonds. The van der Waals surface area contributed by atoms with E-state index < -0.39 is 23.2 Å². The van der Waals surface area contributed by atoms with Gasteiger partial charge in [-0.1, -0.05) is 71.5 Å². The zero-order valence-electron chi connectivity index (χ0n) is 19.6. The summed E-state index contributed by atoms with van der Waals surface area (Å²) in [6.07, 6.45) is 7.78. The second-order valence-corrected chi connectivity index (χ2v) is 7.58. The average molecular weight is 445 g/mol. The first-order valence-electron chi connectivity index (χ1n) is 10.4. The van der Waals surface area contributed by atoms with E-state index in [1.165, 1.54) is 18.2 Å². The monoisotopic (exact) mass is 444 g/mol. The minimum atomic E-state index is -1.25. The third-order valence-electron chi connectivity index (χ3n) is 4.97. The van der Waals surface area contributed by atoms with Crippen molar-refractivity contribution >= 4 is 0 Å². The SMILES string of the molecule is C=CC(C)CCC(C)C(=C)/C=C(/F)C(=C)C(=C)/C=C\C(=C)C(=C)/C(F)=C(/F)C(=C)OCC. The summed E-state index contributed by atoms with van der Waals surface area (Å²) >= 11 is 0. The quantitative estimate of drug-likeness (QED) is 0.139. The van der Waals surface area contributed by atoms with Gasteiger partial charge in [0, 0.05) is 11.1 Å². The van der Waals surface area contributed by atoms with Crippen LogP contribution in [0.3, 0.4) is 0 Å². The van der Waals surface area contributed by atoms with E-state index in [9.17, 15) is 13.2 Å². The molecule has 0 N–H and O–H groups in total. The molecule has 0 bridgehead atoms. The Labute approximate surface area is 191 Å². The van der Waals surface area contributed by atoms with E-state index in [0.717, 1.165) is 12.8 Å². The molecule has 0 aliphatic carbocycles. The van der Waals surface area contributed by atoms with Crippen molar-refractivity contribution in [1.29, 1.82) is 0 Å². The van der Waals surface area contributed by atoms with Gasteiger partial charge in [0.2, 0.25) is 5.83 Å². The Morgan fingerprint density at radius 1 is 0.844 bits per heavy atom. The van der Waals surface area contributed by atoms with Crippen molar-refractivity contribution in [2.75, 3.05) is 6.61 Å². The number of hydrogen-bond donors (Lipinski definition) is 0. The summed E-state index contributed by atoms with van der Waals surface area (Å²) in [5, 5.41) is 0. The van der Waals surface area contributed by atoms with Gasteiger partial charge in [0.1, 0.15) is 5.83 Å². The van der Waals surface area contributed by atoms with E-state index >= 15 is 0 Å². The first-order valence-corrected chi connectivity index (χ1v) is 10.4. The summed E-state index contributed by atoms with van der Waals surface area (Å²) in [5.41, 5.74) is 0.739. The molecule has 174 valence electrons. The van der Waals surface area contributed by atoms with Gasteiger partial charge in [0.25, 0.3) is 0 Å². The van der Waals surface area contributed by atoms with Crippen LogP contribution in [0.15, 0.2) is 121 Å². The summed E-state index contributed by atoms with van der Waals surface area (Å²) in [5.74, 6) is -3.00. The third kappa shape index (κ3) is 9.42. The van der Waals surface area contributed by atoms with E-state index in [1.807, 2.05) is 13.0 Å². The highest BCUT2D eigenvalue weighted by molar-refractivity contribution is 5.53. The second-order valence-electron chi connectivity index (χ2n) is 7.58. The van der Waals surface area contributed by atoms with Crippen molar-refractivity contribution in [2.24, 2.45) is 11.8 Å². The molecular formula is C28H35F3O. The lowest BCUT2D eigenvalue weighted by Crippen LogP contribution is -2.00. The fourth-order valence-corrected chi connectivity index (χ4v) is 2.40. The fourth-order valence-electron chi connectivity index (χ4n) is 2.40. The van der Waals surface area contributed by atoms with Gasteiger partial charge in [-0.3, -0.25) is 0 Å². The van der Waals surface area contributed by atoms with E-state index in [4.69, 9.17) is 4.74 Å². The highest BCUT2D eigenvalue weighted by Crippen LogP contribution is 2.28. The third-order valence-corrected chi connectivity index (χ3v) is 4.97. The lowest BCUT2D eigenvalue weighted by Gasteiger charge is -2.14. The smallest absolute Gasteiger partial charge is 0.200 e. The van der Waals surface area contributed by atoms with Crippen LogP contribution in [0, 0.1) is 11.8 Å². The van der Waals surface area contributed by atoms with Gasteiger partial charge in [-0.15, -0.1) is 6.58 Å². The van der Waals surface area contributed by atoms with Crippen LogP contribution in [0.4, 0.5) is 13.2 Å². The van der Waals surface area contributed by atoms with Crippen LogP contribution >= 0.6 is 0 Å². The molecule has 0 aromatic heterocycles. The van der Waals surface area contributed by atoms with Gasteiger partial charge in [0.05, 0.1) is 6.61 Å². The number of hydrogen-bond acceptors (Lipinski definition) is 1. The Kier molecular flexibility index (Phi) is 12.8. The molecule has 0 aromatic carbocycles. The molecule has 0 aliphatic heterocycles. The van der Waals surface area contributed by atoms with Crippen LogP contribution in [-0.4, -0.2) is 6.61 Å². The zero-order valence-corrected chi connectivity index (χ0v) is 19.6. The Balaban J connectivity index is 5.16. The van der Waals surface area contributed by atoms with Crippen LogP contribution < -0.4 is 0 Å². The molecular weight excluding hydrogens is 409 g/mol. The summed E-state index contributed by atoms with van der Waals surface area (Å²) in [6, 6.07) is 0. The molecule has 0 fully saturated rings. The predicted molar refractivity (Wildman–Crippen MR) is 132 cm³/mol. The molecule has 2 unspecified atom stereocenters. The minimum absolute atomic E-state index is 0.0550. The van der Waals surface area contributed by atoms with Gasteiger partial charge in [-0.05, 0) is 54.4 Å². The standard InChI is InChI=1S/C28H35F3O/c1-11-18(3)13-14-19(4)22(7)17-26(29)23(8)20(5)15-16-21(6)24(9)27(30)28(31)25(10)32-12-2/h11,15-19H,1,5-10,12-14H2,2-4H3/b16-15-,26-17+,28-27-. The van der Waals surface area contributed by atoms with Crippen molar-refractivity contribution in [3.8, 4) is 0 Å². The maximum Gasteiger partial charge on any atom is 0.200 e. The van der Waals surface area contributed by atoms with Crippen LogP contribution in [0.2, 0.25) is 0 Å². The van der Waals surface area contributed by atoms with E-state index in [2.05, 4.69) is 53.0 Å². The van der Waals surface area contributed by atoms with E-state index in [-0.39, 0.29) is 34.8 Å². The minimum Gasteiger partial charge on any atom is -0.491 e. The Morgan fingerprint density at radius 2 is 1.38 bits per heavy atom. The topological polar surface area (TPSA) is 9.23 Å². The molecule has 0 aliphatic rings. The fraction of sp³-hybridized carbons (Fsp3) is 0.286. The summed E-state index contributed by atoms with van der Waals surface area (Å²) in [7, 11) is 0. The predicted octanol–water partition coefficient (Wildman–Crippen LogP) is 9.12. The Bertz CT molecular complexity index is 880. The molecule has 0 heterocycles. The molecule has 0 saturated carbocycles. The Morgan fingerprint density at radius 3 is 1.88 bits per heavy atom. The molecule has 4 heteroatoms. The largest absolute Gasteiger partial charge is 0.491 e. The van der Waals surface area contributed by atoms with E-state index in [0.29, 0.717) is 11.5 Å². The van der Waals surface area contributed by atoms with Gasteiger partial charge >= 0.3 is 0 Å². The van der Waals surface area contributed by atoms with Crippen molar-refractivity contribution in [3.05, 3.63) is 121 Å². The molecule has 0 radical (unpaired) electrons. The first kappa shape index (κ1) is 29.0. The zero-order chi connectivity index (χ0) is 25.0. The molecule has 0 saturated heterocycles. The van der Waals surface area contributed by atoms with Crippen LogP contribution in [-0.2, 0) is 4.74 Å². The van der Waals surface area contributed by atoms with Crippen molar-refractivity contribution in [2.45, 2.75) is 33.6 Å². The van der Waals surface area contributed by atoms with Crippen molar-refractivity contribution in [1.82, 2.24) is 0 Å². The number of halogens is 3. The van der Waals surface area contributed by atoms with E-state index in [1.54, 1.807) is 6.92 Å². The normalized spacial score (nSPS) is 14.2. The Hall–Kier alpha value is -3.01. The number of ether oxygens (including phenoxy) is 1. The van der Waals surface area contributed by atoms with Crippen LogP contribution in [0.1, 0.15) is 33.6 Å². The lowest BCUT2D eigenvalue weighted by atomic mass is 9.92. The van der Waals surface area contributed by atoms with Crippen LogP contribution in [0.25, 0.3) is 0 Å².